The molecule has 0 amide bonds. The molecular formula is C13H14O2. The lowest BCUT2D eigenvalue weighted by molar-refractivity contribution is 0.0994. The summed E-state index contributed by atoms with van der Waals surface area (Å²) in [6.07, 6.45) is 3.13. The minimum Gasteiger partial charge on any atom is -0.486 e. The van der Waals surface area contributed by atoms with Crippen molar-refractivity contribution >= 4 is 5.78 Å². The Labute approximate surface area is 89.6 Å². The fourth-order valence-corrected chi connectivity index (χ4v) is 1.82. The number of ketones is 1. The summed E-state index contributed by atoms with van der Waals surface area (Å²) >= 11 is 0. The Morgan fingerprint density at radius 1 is 1.47 bits per heavy atom. The van der Waals surface area contributed by atoms with E-state index < -0.39 is 0 Å². The van der Waals surface area contributed by atoms with Gasteiger partial charge in [-0.05, 0) is 19.4 Å². The molecule has 0 saturated heterocycles. The molecular weight excluding hydrogens is 188 g/mol. The van der Waals surface area contributed by atoms with Crippen LogP contribution >= 0.6 is 0 Å². The van der Waals surface area contributed by atoms with Gasteiger partial charge in [0.25, 0.3) is 0 Å². The van der Waals surface area contributed by atoms with Gasteiger partial charge in [-0.3, -0.25) is 4.79 Å². The van der Waals surface area contributed by atoms with E-state index in [9.17, 15) is 4.79 Å². The van der Waals surface area contributed by atoms with Crippen molar-refractivity contribution in [2.75, 3.05) is 0 Å². The summed E-state index contributed by atoms with van der Waals surface area (Å²) in [6, 6.07) is 5.65. The van der Waals surface area contributed by atoms with Crippen LogP contribution in [0.3, 0.4) is 0 Å². The molecule has 0 fully saturated rings. The van der Waals surface area contributed by atoms with Crippen molar-refractivity contribution in [3.05, 3.63) is 42.0 Å². The Morgan fingerprint density at radius 3 is 3.00 bits per heavy atom. The van der Waals surface area contributed by atoms with Crippen LogP contribution in [0.25, 0.3) is 0 Å². The molecule has 2 rings (SSSR count). The van der Waals surface area contributed by atoms with Crippen molar-refractivity contribution in [3.63, 3.8) is 0 Å². The van der Waals surface area contributed by atoms with Gasteiger partial charge in [0.15, 0.2) is 5.78 Å². The maximum atomic E-state index is 11.5. The van der Waals surface area contributed by atoms with Crippen LogP contribution in [-0.2, 0) is 6.42 Å². The molecule has 0 aromatic heterocycles. The number of carbonyl (C=O) groups is 1. The monoisotopic (exact) mass is 202 g/mol. The zero-order chi connectivity index (χ0) is 10.8. The van der Waals surface area contributed by atoms with Gasteiger partial charge in [0.2, 0.25) is 0 Å². The van der Waals surface area contributed by atoms with Gasteiger partial charge < -0.3 is 4.74 Å². The van der Waals surface area contributed by atoms with E-state index in [-0.39, 0.29) is 11.9 Å². The van der Waals surface area contributed by atoms with Crippen molar-refractivity contribution in [1.29, 1.82) is 0 Å². The van der Waals surface area contributed by atoms with Gasteiger partial charge in [-0.2, -0.15) is 0 Å². The van der Waals surface area contributed by atoms with Crippen LogP contribution in [0.15, 0.2) is 30.9 Å². The molecule has 1 atom stereocenters. The maximum Gasteiger partial charge on any atom is 0.163 e. The number of Topliss-reactive ketones (excluding diaryl/α,β-unsaturated/α-hetero) is 1. The lowest BCUT2D eigenvalue weighted by Crippen LogP contribution is -2.08. The normalized spacial score (nSPS) is 15.9. The fourth-order valence-electron chi connectivity index (χ4n) is 1.82. The SMILES string of the molecule is C=CC(C)Oc1cccc2c1CCC2=O. The minimum atomic E-state index is -0.0211. The molecule has 0 bridgehead atoms. The van der Waals surface area contributed by atoms with Crippen LogP contribution in [-0.4, -0.2) is 11.9 Å². The molecule has 0 radical (unpaired) electrons. The van der Waals surface area contributed by atoms with Crippen LogP contribution in [0, 0.1) is 0 Å². The van der Waals surface area contributed by atoms with E-state index in [1.165, 1.54) is 0 Å². The van der Waals surface area contributed by atoms with E-state index in [1.54, 1.807) is 6.08 Å². The quantitative estimate of drug-likeness (QED) is 0.704. The van der Waals surface area contributed by atoms with E-state index in [2.05, 4.69) is 6.58 Å². The van der Waals surface area contributed by atoms with Crippen LogP contribution in [0.2, 0.25) is 0 Å². The number of carbonyl (C=O) groups excluding carboxylic acids is 1. The lowest BCUT2D eigenvalue weighted by atomic mass is 10.1. The third kappa shape index (κ3) is 1.80. The van der Waals surface area contributed by atoms with Gasteiger partial charge >= 0.3 is 0 Å². The summed E-state index contributed by atoms with van der Waals surface area (Å²) in [7, 11) is 0. The topological polar surface area (TPSA) is 26.3 Å². The van der Waals surface area contributed by atoms with E-state index in [0.717, 1.165) is 23.3 Å². The second-order valence-electron chi connectivity index (χ2n) is 3.76. The maximum absolute atomic E-state index is 11.5. The van der Waals surface area contributed by atoms with Crippen LogP contribution < -0.4 is 4.74 Å². The minimum absolute atomic E-state index is 0.0211. The van der Waals surface area contributed by atoms with Gasteiger partial charge in [0.1, 0.15) is 11.9 Å². The first kappa shape index (κ1) is 9.97. The molecule has 1 unspecified atom stereocenters. The number of hydrogen-bond donors (Lipinski definition) is 0. The zero-order valence-corrected chi connectivity index (χ0v) is 8.82. The molecule has 2 heteroatoms. The van der Waals surface area contributed by atoms with Gasteiger partial charge in [-0.25, -0.2) is 0 Å². The molecule has 0 saturated carbocycles. The molecule has 2 nitrogen and oxygen atoms in total. The van der Waals surface area contributed by atoms with Crippen molar-refractivity contribution in [2.24, 2.45) is 0 Å². The second kappa shape index (κ2) is 3.89. The summed E-state index contributed by atoms with van der Waals surface area (Å²) in [5, 5.41) is 0. The van der Waals surface area contributed by atoms with Gasteiger partial charge in [0.05, 0.1) is 0 Å². The highest BCUT2D eigenvalue weighted by Crippen LogP contribution is 2.30. The predicted molar refractivity (Wildman–Crippen MR) is 59.4 cm³/mol. The Kier molecular flexibility index (Phi) is 2.58. The second-order valence-corrected chi connectivity index (χ2v) is 3.76. The Hall–Kier alpha value is -1.57. The molecule has 0 heterocycles. The average molecular weight is 202 g/mol. The highest BCUT2D eigenvalue weighted by Gasteiger charge is 2.22. The summed E-state index contributed by atoms with van der Waals surface area (Å²) in [5.41, 5.74) is 1.87. The summed E-state index contributed by atoms with van der Waals surface area (Å²) in [5.74, 6) is 1.05. The van der Waals surface area contributed by atoms with Crippen LogP contribution in [0.4, 0.5) is 0 Å². The third-order valence-corrected chi connectivity index (χ3v) is 2.68. The smallest absolute Gasteiger partial charge is 0.163 e. The molecule has 1 aliphatic carbocycles. The average Bonchev–Trinajstić information content (AvgIpc) is 2.62. The van der Waals surface area contributed by atoms with Crippen molar-refractivity contribution in [3.8, 4) is 5.75 Å². The summed E-state index contributed by atoms with van der Waals surface area (Å²) < 4.78 is 5.68. The first-order valence-electron chi connectivity index (χ1n) is 5.16. The summed E-state index contributed by atoms with van der Waals surface area (Å²) in [6.45, 7) is 5.61. The van der Waals surface area contributed by atoms with Crippen LogP contribution in [0.1, 0.15) is 29.3 Å². The Balaban J connectivity index is 2.34. The highest BCUT2D eigenvalue weighted by atomic mass is 16.5. The van der Waals surface area contributed by atoms with Gasteiger partial charge in [0, 0.05) is 17.5 Å². The van der Waals surface area contributed by atoms with E-state index >= 15 is 0 Å². The van der Waals surface area contributed by atoms with Crippen molar-refractivity contribution in [1.82, 2.24) is 0 Å². The highest BCUT2D eigenvalue weighted by molar-refractivity contribution is 6.01. The molecule has 1 aliphatic rings. The molecule has 1 aromatic rings. The van der Waals surface area contributed by atoms with E-state index in [1.807, 2.05) is 25.1 Å². The molecule has 0 aliphatic heterocycles. The number of ether oxygens (including phenoxy) is 1. The molecule has 1 aromatic carbocycles. The third-order valence-electron chi connectivity index (χ3n) is 2.68. The Bertz CT molecular complexity index is 407. The number of rotatable bonds is 3. The molecule has 0 N–H and O–H groups in total. The number of fused-ring (bicyclic) bond motifs is 1. The van der Waals surface area contributed by atoms with E-state index in [4.69, 9.17) is 4.74 Å². The standard InChI is InChI=1S/C13H14O2/c1-3-9(2)15-13-6-4-5-10-11(13)7-8-12(10)14/h3-6,9H,1,7-8H2,2H3. The first-order chi connectivity index (χ1) is 7.22. The van der Waals surface area contributed by atoms with Crippen molar-refractivity contribution in [2.45, 2.75) is 25.9 Å². The first-order valence-corrected chi connectivity index (χ1v) is 5.16. The van der Waals surface area contributed by atoms with E-state index in [0.29, 0.717) is 6.42 Å². The van der Waals surface area contributed by atoms with Gasteiger partial charge in [-0.1, -0.05) is 24.8 Å². The Morgan fingerprint density at radius 2 is 2.27 bits per heavy atom. The summed E-state index contributed by atoms with van der Waals surface area (Å²) in [4.78, 5) is 11.5. The largest absolute Gasteiger partial charge is 0.486 e. The predicted octanol–water partition coefficient (Wildman–Crippen LogP) is 2.77. The number of benzene rings is 1. The fraction of sp³-hybridized carbons (Fsp3) is 0.308. The van der Waals surface area contributed by atoms with Crippen molar-refractivity contribution < 1.29 is 9.53 Å². The zero-order valence-electron chi connectivity index (χ0n) is 8.82. The van der Waals surface area contributed by atoms with Gasteiger partial charge in [-0.15, -0.1) is 0 Å². The number of hydrogen-bond acceptors (Lipinski definition) is 2. The molecule has 15 heavy (non-hydrogen) atoms. The molecule has 0 spiro atoms. The molecule has 78 valence electrons. The van der Waals surface area contributed by atoms with Crippen LogP contribution in [0.5, 0.6) is 5.75 Å². The lowest BCUT2D eigenvalue weighted by Gasteiger charge is -2.13.